The summed E-state index contributed by atoms with van der Waals surface area (Å²) in [6, 6.07) is 69.8. The van der Waals surface area contributed by atoms with Crippen LogP contribution in [0.5, 0.6) is 0 Å². The van der Waals surface area contributed by atoms with Gasteiger partial charge in [-0.1, -0.05) is 97.1 Å². The summed E-state index contributed by atoms with van der Waals surface area (Å²) in [5, 5.41) is 20.6. The molecule has 0 spiro atoms. The van der Waals surface area contributed by atoms with E-state index < -0.39 is 0 Å². The molecule has 8 aromatic carbocycles. The summed E-state index contributed by atoms with van der Waals surface area (Å²) in [5.74, 6) is 2.25. The highest BCUT2D eigenvalue weighted by atomic mass is 15.3. The van der Waals surface area contributed by atoms with E-state index in [2.05, 4.69) is 203 Å². The first-order chi connectivity index (χ1) is 35.2. The predicted octanol–water partition coefficient (Wildman–Crippen LogP) is 14.1. The summed E-state index contributed by atoms with van der Waals surface area (Å²) in [7, 11) is 0. The molecule has 0 bridgehead atoms. The maximum Gasteiger partial charge on any atom is 0.254 e. The molecule has 8 aromatic heterocycles. The lowest BCUT2D eigenvalue weighted by atomic mass is 10.1. The van der Waals surface area contributed by atoms with Gasteiger partial charge in [0.15, 0.2) is 0 Å². The van der Waals surface area contributed by atoms with Crippen LogP contribution in [-0.2, 0) is 0 Å². The quantitative estimate of drug-likeness (QED) is 0.172. The molecule has 0 amide bonds. The standard InChI is InChI=1S/C61H36N10/c1-7-19-51-39(13-1)43-25-23-37(31-53(43)69(51)59-21-9-11-27-62-59)67-49-17-5-3-15-41(49)45-33-47-48-34-46-42-16-4-6-18-50(42)68(56(46)36-58(48)71(57(47)35-55(45)67)61-64-29-30-65-66-61)38-24-26-44-40-14-2-8-20-52(40)70(54(44)32-38)60-22-10-12-28-63-60/h1-36H. The summed E-state index contributed by atoms with van der Waals surface area (Å²) in [5.41, 5.74) is 12.9. The van der Waals surface area contributed by atoms with Crippen LogP contribution in [0.2, 0.25) is 0 Å². The van der Waals surface area contributed by atoms with Crippen LogP contribution >= 0.6 is 0 Å². The Morgan fingerprint density at radius 1 is 0.239 bits per heavy atom. The van der Waals surface area contributed by atoms with Crippen LogP contribution in [0.15, 0.2) is 219 Å². The molecular formula is C61H36N10. The van der Waals surface area contributed by atoms with Crippen molar-refractivity contribution in [3.8, 4) is 29.0 Å². The lowest BCUT2D eigenvalue weighted by molar-refractivity contribution is 0.888. The number of nitrogens with zero attached hydrogens (tertiary/aromatic N) is 10. The van der Waals surface area contributed by atoms with E-state index in [4.69, 9.17) is 15.0 Å². The Morgan fingerprint density at radius 2 is 0.620 bits per heavy atom. The van der Waals surface area contributed by atoms with Crippen molar-refractivity contribution in [2.75, 3.05) is 0 Å². The van der Waals surface area contributed by atoms with E-state index in [1.54, 1.807) is 12.4 Å². The first-order valence-corrected chi connectivity index (χ1v) is 23.7. The minimum absolute atomic E-state index is 0.499. The summed E-state index contributed by atoms with van der Waals surface area (Å²) < 4.78 is 11.5. The van der Waals surface area contributed by atoms with Gasteiger partial charge in [-0.2, -0.15) is 5.10 Å². The number of hydrogen-bond donors (Lipinski definition) is 0. The fraction of sp³-hybridized carbons (Fsp3) is 0. The van der Waals surface area contributed by atoms with Crippen LogP contribution in [-0.4, -0.2) is 48.0 Å². The van der Waals surface area contributed by atoms with E-state index in [0.717, 1.165) is 99.7 Å². The van der Waals surface area contributed by atoms with Gasteiger partial charge in [-0.3, -0.25) is 13.7 Å². The van der Waals surface area contributed by atoms with Crippen molar-refractivity contribution in [3.05, 3.63) is 219 Å². The number of rotatable bonds is 5. The first kappa shape index (κ1) is 38.1. The molecular weight excluding hydrogens is 873 g/mol. The van der Waals surface area contributed by atoms with Gasteiger partial charge in [-0.05, 0) is 97.1 Å². The Kier molecular flexibility index (Phi) is 7.67. The van der Waals surface area contributed by atoms with Crippen LogP contribution < -0.4 is 0 Å². The molecule has 0 atom stereocenters. The zero-order valence-electron chi connectivity index (χ0n) is 37.8. The van der Waals surface area contributed by atoms with Crippen molar-refractivity contribution >= 4 is 109 Å². The van der Waals surface area contributed by atoms with Gasteiger partial charge in [0.05, 0.1) is 67.6 Å². The minimum atomic E-state index is 0.499. The van der Waals surface area contributed by atoms with Gasteiger partial charge in [-0.25, -0.2) is 15.0 Å². The maximum atomic E-state index is 4.87. The summed E-state index contributed by atoms with van der Waals surface area (Å²) in [4.78, 5) is 14.5. The van der Waals surface area contributed by atoms with Gasteiger partial charge < -0.3 is 9.13 Å². The largest absolute Gasteiger partial charge is 0.309 e. The smallest absolute Gasteiger partial charge is 0.254 e. The number of aromatic nitrogens is 10. The van der Waals surface area contributed by atoms with Crippen LogP contribution in [0.25, 0.3) is 138 Å². The van der Waals surface area contributed by atoms with Crippen molar-refractivity contribution in [1.82, 2.24) is 48.0 Å². The van der Waals surface area contributed by atoms with Crippen molar-refractivity contribution in [1.29, 1.82) is 0 Å². The molecule has 0 aliphatic carbocycles. The zero-order chi connectivity index (χ0) is 46.3. The van der Waals surface area contributed by atoms with Gasteiger partial charge in [0, 0.05) is 77.6 Å². The number of pyridine rings is 2. The average molecular weight is 909 g/mol. The van der Waals surface area contributed by atoms with E-state index in [9.17, 15) is 0 Å². The van der Waals surface area contributed by atoms with Crippen LogP contribution in [0.1, 0.15) is 0 Å². The van der Waals surface area contributed by atoms with Crippen LogP contribution in [0.3, 0.4) is 0 Å². The molecule has 10 nitrogen and oxygen atoms in total. The minimum Gasteiger partial charge on any atom is -0.309 e. The maximum absolute atomic E-state index is 4.87. The first-order valence-electron chi connectivity index (χ1n) is 23.7. The van der Waals surface area contributed by atoms with E-state index in [1.807, 2.05) is 36.7 Å². The molecule has 71 heavy (non-hydrogen) atoms. The summed E-state index contributed by atoms with van der Waals surface area (Å²) >= 11 is 0. The van der Waals surface area contributed by atoms with Gasteiger partial charge >= 0.3 is 0 Å². The van der Waals surface area contributed by atoms with Gasteiger partial charge in [-0.15, -0.1) is 5.10 Å². The Bertz CT molecular complexity index is 4580. The number of hydrogen-bond acceptors (Lipinski definition) is 5. The van der Waals surface area contributed by atoms with E-state index in [-0.39, 0.29) is 0 Å². The third kappa shape index (κ3) is 5.27. The van der Waals surface area contributed by atoms with E-state index in [0.29, 0.717) is 5.95 Å². The Hall–Kier alpha value is -9.93. The topological polar surface area (TPSA) is 89.1 Å². The molecule has 0 radical (unpaired) electrons. The van der Waals surface area contributed by atoms with E-state index >= 15 is 0 Å². The van der Waals surface area contributed by atoms with Crippen molar-refractivity contribution in [2.24, 2.45) is 0 Å². The summed E-state index contributed by atoms with van der Waals surface area (Å²) in [6.45, 7) is 0. The Morgan fingerprint density at radius 3 is 1.06 bits per heavy atom. The second-order valence-electron chi connectivity index (χ2n) is 18.2. The van der Waals surface area contributed by atoms with Crippen molar-refractivity contribution < 1.29 is 0 Å². The Labute approximate surface area is 403 Å². The third-order valence-corrected chi connectivity index (χ3v) is 14.6. The molecule has 16 rings (SSSR count). The van der Waals surface area contributed by atoms with Crippen molar-refractivity contribution in [3.63, 3.8) is 0 Å². The molecule has 0 aliphatic rings. The van der Waals surface area contributed by atoms with Crippen LogP contribution in [0.4, 0.5) is 0 Å². The highest BCUT2D eigenvalue weighted by Crippen LogP contribution is 2.44. The second kappa shape index (κ2) is 14.3. The van der Waals surface area contributed by atoms with E-state index in [1.165, 1.54) is 32.3 Å². The molecule has 16 aromatic rings. The third-order valence-electron chi connectivity index (χ3n) is 14.6. The monoisotopic (exact) mass is 908 g/mol. The second-order valence-corrected chi connectivity index (χ2v) is 18.2. The fourth-order valence-corrected chi connectivity index (χ4v) is 11.7. The summed E-state index contributed by atoms with van der Waals surface area (Å²) in [6.07, 6.45) is 7.07. The highest BCUT2D eigenvalue weighted by Gasteiger charge is 2.24. The highest BCUT2D eigenvalue weighted by molar-refractivity contribution is 6.23. The molecule has 10 heteroatoms. The number of fused-ring (bicyclic) bond motifs is 15. The molecule has 0 unspecified atom stereocenters. The predicted molar refractivity (Wildman–Crippen MR) is 287 cm³/mol. The lowest BCUT2D eigenvalue weighted by Crippen LogP contribution is -2.02. The molecule has 8 heterocycles. The van der Waals surface area contributed by atoms with Gasteiger partial charge in [0.25, 0.3) is 5.95 Å². The number of para-hydroxylation sites is 4. The zero-order valence-corrected chi connectivity index (χ0v) is 37.8. The average Bonchev–Trinajstić information content (AvgIpc) is 4.21. The normalized spacial score (nSPS) is 12.2. The molecule has 330 valence electrons. The molecule has 0 aliphatic heterocycles. The number of benzene rings is 8. The van der Waals surface area contributed by atoms with Gasteiger partial charge in [0.1, 0.15) is 11.6 Å². The Balaban J connectivity index is 0.987. The molecule has 0 saturated heterocycles. The molecule has 0 fully saturated rings. The fourth-order valence-electron chi connectivity index (χ4n) is 11.7. The lowest BCUT2D eigenvalue weighted by Gasteiger charge is -2.11. The molecule has 0 saturated carbocycles. The van der Waals surface area contributed by atoms with Crippen LogP contribution in [0, 0.1) is 0 Å². The molecule has 0 N–H and O–H groups in total. The van der Waals surface area contributed by atoms with Crippen molar-refractivity contribution in [2.45, 2.75) is 0 Å². The van der Waals surface area contributed by atoms with Gasteiger partial charge in [0.2, 0.25) is 0 Å². The SMILES string of the molecule is c1ccc(-n2c3ccccc3c3ccc(-n4c5ccccc5c5cc6c7cc8c9ccccc9n(-c9ccc%10c%11ccccc%11n(-c%11ccccn%11)c%10c9)c8cc7n(-c7nccnn7)c6cc54)cc32)nc1.